The first-order chi connectivity index (χ1) is 14.4. The van der Waals surface area contributed by atoms with Crippen molar-refractivity contribution in [2.75, 3.05) is 6.61 Å². The van der Waals surface area contributed by atoms with Crippen molar-refractivity contribution >= 4 is 44.5 Å². The number of benzene rings is 3. The van der Waals surface area contributed by atoms with Gasteiger partial charge >= 0.3 is 0 Å². The van der Waals surface area contributed by atoms with E-state index in [1.807, 2.05) is 30.3 Å². The van der Waals surface area contributed by atoms with Crippen molar-refractivity contribution in [2.24, 2.45) is 5.10 Å². The van der Waals surface area contributed by atoms with Gasteiger partial charge in [0.15, 0.2) is 11.5 Å². The molecule has 3 aromatic rings. The van der Waals surface area contributed by atoms with Crippen LogP contribution in [0.5, 0.6) is 17.2 Å². The molecule has 1 aliphatic rings. The van der Waals surface area contributed by atoms with E-state index in [0.29, 0.717) is 11.5 Å². The summed E-state index contributed by atoms with van der Waals surface area (Å²) in [6.07, 6.45) is 0.178. The molecule has 9 nitrogen and oxygen atoms in total. The smallest absolute Gasteiger partial charge is 0.284 e. The number of hydrogen-bond acceptors (Lipinski definition) is 7. The molecule has 2 N–H and O–H groups in total. The second-order valence-electron chi connectivity index (χ2n) is 6.42. The largest absolute Gasteiger partial charge is 0.506 e. The normalized spacial score (nSPS) is 15.3. The monoisotopic (exact) mass is 471 g/mol. The number of aromatic hydroxyl groups is 1. The van der Waals surface area contributed by atoms with Crippen LogP contribution in [-0.2, 0) is 4.79 Å². The molecule has 0 saturated heterocycles. The fraction of sp³-hybridized carbons (Fsp3) is 0.100. The lowest BCUT2D eigenvalue weighted by molar-refractivity contribution is -0.385. The molecule has 1 unspecified atom stereocenters. The highest BCUT2D eigenvalue weighted by Gasteiger charge is 2.27. The number of nitro benzene ring substituents is 1. The van der Waals surface area contributed by atoms with E-state index in [1.165, 1.54) is 6.07 Å². The first-order valence-corrected chi connectivity index (χ1v) is 9.54. The number of amides is 1. The molecule has 10 heteroatoms. The van der Waals surface area contributed by atoms with Crippen molar-refractivity contribution in [2.45, 2.75) is 6.10 Å². The van der Waals surface area contributed by atoms with Gasteiger partial charge in [-0.15, -0.1) is 0 Å². The third-order valence-electron chi connectivity index (χ3n) is 4.43. The maximum absolute atomic E-state index is 12.4. The number of phenols is 1. The summed E-state index contributed by atoms with van der Waals surface area (Å²) in [6, 6.07) is 13.6. The molecule has 0 aliphatic carbocycles. The van der Waals surface area contributed by atoms with Gasteiger partial charge in [0.05, 0.1) is 15.6 Å². The molecule has 3 aromatic carbocycles. The van der Waals surface area contributed by atoms with Crippen molar-refractivity contribution in [1.29, 1.82) is 0 Å². The average molecular weight is 472 g/mol. The van der Waals surface area contributed by atoms with Crippen LogP contribution < -0.4 is 14.9 Å². The summed E-state index contributed by atoms with van der Waals surface area (Å²) >= 11 is 3.04. The molecule has 0 fully saturated rings. The van der Waals surface area contributed by atoms with Gasteiger partial charge in [-0.3, -0.25) is 14.9 Å². The summed E-state index contributed by atoms with van der Waals surface area (Å²) in [5.41, 5.74) is 2.12. The quantitative estimate of drug-likeness (QED) is 0.341. The second kappa shape index (κ2) is 7.99. The Morgan fingerprint density at radius 2 is 1.93 bits per heavy atom. The summed E-state index contributed by atoms with van der Waals surface area (Å²) < 4.78 is 11.5. The van der Waals surface area contributed by atoms with Crippen LogP contribution in [0.25, 0.3) is 10.8 Å². The van der Waals surface area contributed by atoms with Crippen molar-refractivity contribution in [3.63, 3.8) is 0 Å². The summed E-state index contributed by atoms with van der Waals surface area (Å²) in [7, 11) is 0. The molecule has 152 valence electrons. The van der Waals surface area contributed by atoms with Gasteiger partial charge in [-0.2, -0.15) is 5.10 Å². The molecular formula is C20H14BrN3O6. The van der Waals surface area contributed by atoms with E-state index in [9.17, 15) is 20.0 Å². The number of halogens is 1. The number of nitrogens with zero attached hydrogens (tertiary/aromatic N) is 2. The molecule has 30 heavy (non-hydrogen) atoms. The predicted octanol–water partition coefficient (Wildman–Crippen LogP) is 3.51. The van der Waals surface area contributed by atoms with Gasteiger partial charge in [0.1, 0.15) is 12.4 Å². The van der Waals surface area contributed by atoms with Crippen molar-refractivity contribution in [3.8, 4) is 17.2 Å². The van der Waals surface area contributed by atoms with E-state index < -0.39 is 16.9 Å². The van der Waals surface area contributed by atoms with Gasteiger partial charge in [-0.1, -0.05) is 24.3 Å². The van der Waals surface area contributed by atoms with Gasteiger partial charge < -0.3 is 14.6 Å². The predicted molar refractivity (Wildman–Crippen MR) is 112 cm³/mol. The van der Waals surface area contributed by atoms with Crippen LogP contribution in [0.1, 0.15) is 5.56 Å². The minimum atomic E-state index is -0.929. The minimum Gasteiger partial charge on any atom is -0.506 e. The van der Waals surface area contributed by atoms with Crippen LogP contribution in [0.4, 0.5) is 5.69 Å². The summed E-state index contributed by atoms with van der Waals surface area (Å²) in [6.45, 7) is 0.000298. The van der Waals surface area contributed by atoms with Gasteiger partial charge in [0, 0.05) is 17.7 Å². The Morgan fingerprint density at radius 3 is 2.63 bits per heavy atom. The standard InChI is InChI=1S/C20H14BrN3O6/c21-15-8-14(24(27)28)5-13(19(15)25)9-22-23-20(26)18-10-29-16-6-11-3-1-2-4-12(11)7-17(16)30-18/h1-9,18,25H,10H2,(H,23,26)/b22-9-. The molecular weight excluding hydrogens is 458 g/mol. The van der Waals surface area contributed by atoms with Gasteiger partial charge in [0.2, 0.25) is 6.10 Å². The number of nitro groups is 1. The lowest BCUT2D eigenvalue weighted by Crippen LogP contribution is -2.42. The zero-order valence-electron chi connectivity index (χ0n) is 15.2. The lowest BCUT2D eigenvalue weighted by atomic mass is 10.1. The van der Waals surface area contributed by atoms with E-state index in [1.54, 1.807) is 6.07 Å². The third-order valence-corrected chi connectivity index (χ3v) is 5.04. The molecule has 0 radical (unpaired) electrons. The van der Waals surface area contributed by atoms with Crippen molar-refractivity contribution in [1.82, 2.24) is 5.43 Å². The number of ether oxygens (including phenoxy) is 2. The molecule has 0 saturated carbocycles. The number of phenolic OH excluding ortho intramolecular Hbond substituents is 1. The van der Waals surface area contributed by atoms with E-state index in [-0.39, 0.29) is 28.1 Å². The molecule has 0 bridgehead atoms. The summed E-state index contributed by atoms with van der Waals surface area (Å²) in [4.78, 5) is 22.7. The maximum Gasteiger partial charge on any atom is 0.284 e. The number of hydrazone groups is 1. The Hall–Kier alpha value is -3.66. The number of fused-ring (bicyclic) bond motifs is 2. The summed E-state index contributed by atoms with van der Waals surface area (Å²) in [5, 5.41) is 26.6. The molecule has 1 heterocycles. The molecule has 1 amide bonds. The SMILES string of the molecule is O=C(N/N=C\c1cc([N+](=O)[O-])cc(Br)c1O)C1COc2cc3ccccc3cc2O1. The number of non-ortho nitro benzene ring substituents is 1. The van der Waals surface area contributed by atoms with Crippen molar-refractivity contribution < 1.29 is 24.3 Å². The van der Waals surface area contributed by atoms with E-state index >= 15 is 0 Å². The van der Waals surface area contributed by atoms with Gasteiger partial charge in [-0.25, -0.2) is 5.43 Å². The highest BCUT2D eigenvalue weighted by molar-refractivity contribution is 9.10. The first-order valence-electron chi connectivity index (χ1n) is 8.74. The molecule has 1 atom stereocenters. The van der Waals surface area contributed by atoms with Crippen LogP contribution in [0.2, 0.25) is 0 Å². The number of carbonyl (C=O) groups is 1. The highest BCUT2D eigenvalue weighted by Crippen LogP contribution is 2.36. The molecule has 1 aliphatic heterocycles. The molecule has 0 spiro atoms. The van der Waals surface area contributed by atoms with Crippen LogP contribution in [0.15, 0.2) is 58.1 Å². The molecule has 0 aromatic heterocycles. The van der Waals surface area contributed by atoms with E-state index in [2.05, 4.69) is 26.5 Å². The average Bonchev–Trinajstić information content (AvgIpc) is 2.74. The van der Waals surface area contributed by atoms with Gasteiger partial charge in [0.25, 0.3) is 11.6 Å². The number of rotatable bonds is 4. The zero-order valence-corrected chi connectivity index (χ0v) is 16.8. The Morgan fingerprint density at radius 1 is 1.23 bits per heavy atom. The van der Waals surface area contributed by atoms with E-state index in [4.69, 9.17) is 9.47 Å². The highest BCUT2D eigenvalue weighted by atomic mass is 79.9. The maximum atomic E-state index is 12.4. The Kier molecular flexibility index (Phi) is 5.23. The topological polar surface area (TPSA) is 123 Å². The van der Waals surface area contributed by atoms with Crippen LogP contribution in [0, 0.1) is 10.1 Å². The minimum absolute atomic E-state index is 0.000298. The Balaban J connectivity index is 1.46. The second-order valence-corrected chi connectivity index (χ2v) is 7.27. The van der Waals surface area contributed by atoms with Crippen molar-refractivity contribution in [3.05, 3.63) is 68.7 Å². The lowest BCUT2D eigenvalue weighted by Gasteiger charge is -2.25. The Bertz CT molecular complexity index is 1200. The van der Waals surface area contributed by atoms with Gasteiger partial charge in [-0.05, 0) is 38.8 Å². The fourth-order valence-electron chi connectivity index (χ4n) is 2.93. The fourth-order valence-corrected chi connectivity index (χ4v) is 3.40. The van der Waals surface area contributed by atoms with Crippen LogP contribution >= 0.6 is 15.9 Å². The first kappa shape index (κ1) is 19.6. The number of nitrogens with one attached hydrogen (secondary N) is 1. The number of hydrogen-bond donors (Lipinski definition) is 2. The van der Waals surface area contributed by atoms with Crippen LogP contribution in [0.3, 0.4) is 0 Å². The zero-order chi connectivity index (χ0) is 21.3. The Labute approximate surface area is 178 Å². The number of carbonyl (C=O) groups excluding carboxylic acids is 1. The van der Waals surface area contributed by atoms with Crippen LogP contribution in [-0.4, -0.2) is 34.9 Å². The van der Waals surface area contributed by atoms with E-state index in [0.717, 1.165) is 23.1 Å². The third kappa shape index (κ3) is 3.90. The molecule has 4 rings (SSSR count). The summed E-state index contributed by atoms with van der Waals surface area (Å²) in [5.74, 6) is 0.197.